The van der Waals surface area contributed by atoms with E-state index in [4.69, 9.17) is 23.2 Å². The van der Waals surface area contributed by atoms with Gasteiger partial charge in [0.2, 0.25) is 21.8 Å². The number of halogens is 2. The number of amides is 2. The van der Waals surface area contributed by atoms with Crippen LogP contribution >= 0.6 is 23.2 Å². The molecule has 10 heteroatoms. The van der Waals surface area contributed by atoms with Gasteiger partial charge in [0, 0.05) is 26.1 Å². The molecule has 204 valence electrons. The van der Waals surface area contributed by atoms with Crippen LogP contribution in [0.15, 0.2) is 36.4 Å². The number of benzene rings is 2. The van der Waals surface area contributed by atoms with Gasteiger partial charge in [0.25, 0.3) is 0 Å². The highest BCUT2D eigenvalue weighted by molar-refractivity contribution is 7.92. The maximum absolute atomic E-state index is 13.4. The van der Waals surface area contributed by atoms with Crippen LogP contribution in [-0.2, 0) is 26.2 Å². The van der Waals surface area contributed by atoms with E-state index >= 15 is 0 Å². The SMILES string of the molecule is CCCCNC(=O)[C@H](C)N(Cc1ccc(Cl)c(Cl)c1)C(=O)CCCN(c1cc(C)cc(C)c1)S(C)(=O)=O. The zero-order valence-corrected chi connectivity index (χ0v) is 24.5. The second kappa shape index (κ2) is 14.0. The molecule has 7 nitrogen and oxygen atoms in total. The third-order valence-electron chi connectivity index (χ3n) is 5.98. The molecule has 2 aromatic carbocycles. The maximum Gasteiger partial charge on any atom is 0.242 e. The molecule has 2 amide bonds. The number of hydrogen-bond donors (Lipinski definition) is 1. The Kier molecular flexibility index (Phi) is 11.7. The van der Waals surface area contributed by atoms with Crippen LogP contribution in [0.1, 0.15) is 56.2 Å². The average molecular weight is 571 g/mol. The first-order valence-corrected chi connectivity index (χ1v) is 15.0. The fourth-order valence-electron chi connectivity index (χ4n) is 4.05. The Morgan fingerprint density at radius 1 is 1.00 bits per heavy atom. The molecule has 1 atom stereocenters. The number of nitrogens with zero attached hydrogens (tertiary/aromatic N) is 2. The molecule has 2 aromatic rings. The quantitative estimate of drug-likeness (QED) is 0.323. The summed E-state index contributed by atoms with van der Waals surface area (Å²) in [6.45, 7) is 8.40. The molecule has 0 spiro atoms. The molecule has 0 bridgehead atoms. The molecule has 0 aliphatic heterocycles. The lowest BCUT2D eigenvalue weighted by molar-refractivity contribution is -0.140. The van der Waals surface area contributed by atoms with E-state index in [9.17, 15) is 18.0 Å². The van der Waals surface area contributed by atoms with Gasteiger partial charge >= 0.3 is 0 Å². The molecule has 0 unspecified atom stereocenters. The first-order valence-electron chi connectivity index (χ1n) is 12.4. The van der Waals surface area contributed by atoms with Crippen LogP contribution in [0.5, 0.6) is 0 Å². The molecule has 37 heavy (non-hydrogen) atoms. The van der Waals surface area contributed by atoms with Crippen LogP contribution in [0, 0.1) is 13.8 Å². The second-order valence-corrected chi connectivity index (χ2v) is 12.1. The van der Waals surface area contributed by atoms with Gasteiger partial charge < -0.3 is 10.2 Å². The number of aryl methyl sites for hydroxylation is 2. The van der Waals surface area contributed by atoms with E-state index in [1.54, 1.807) is 25.1 Å². The fraction of sp³-hybridized carbons (Fsp3) is 0.481. The first kappa shape index (κ1) is 30.9. The van der Waals surface area contributed by atoms with Crippen molar-refractivity contribution in [3.63, 3.8) is 0 Å². The Bertz CT molecular complexity index is 1180. The monoisotopic (exact) mass is 569 g/mol. The molecule has 0 aliphatic rings. The lowest BCUT2D eigenvalue weighted by atomic mass is 10.1. The van der Waals surface area contributed by atoms with Crippen LogP contribution in [0.25, 0.3) is 0 Å². The van der Waals surface area contributed by atoms with Gasteiger partial charge in [-0.3, -0.25) is 13.9 Å². The molecule has 0 radical (unpaired) electrons. The molecule has 0 saturated carbocycles. The number of nitrogens with one attached hydrogen (secondary N) is 1. The standard InChI is InChI=1S/C27H37Cl2N3O4S/c1-6-7-12-30-27(34)21(4)31(18-22-10-11-24(28)25(29)17-22)26(33)9-8-13-32(37(5,35)36)23-15-19(2)14-20(3)16-23/h10-11,14-17,21H,6-9,12-13,18H2,1-5H3,(H,30,34)/t21-/m0/s1. The van der Waals surface area contributed by atoms with E-state index in [1.807, 2.05) is 39.0 Å². The van der Waals surface area contributed by atoms with Crippen LogP contribution in [-0.4, -0.2) is 50.5 Å². The van der Waals surface area contributed by atoms with Crippen LogP contribution in [0.3, 0.4) is 0 Å². The zero-order valence-electron chi connectivity index (χ0n) is 22.2. The van der Waals surface area contributed by atoms with Crippen molar-refractivity contribution in [2.24, 2.45) is 0 Å². The highest BCUT2D eigenvalue weighted by Crippen LogP contribution is 2.25. The summed E-state index contributed by atoms with van der Waals surface area (Å²) in [4.78, 5) is 27.7. The number of carbonyl (C=O) groups is 2. The number of sulfonamides is 1. The summed E-state index contributed by atoms with van der Waals surface area (Å²) in [7, 11) is -3.55. The van der Waals surface area contributed by atoms with E-state index in [2.05, 4.69) is 5.32 Å². The van der Waals surface area contributed by atoms with Gasteiger partial charge in [-0.1, -0.05) is 48.7 Å². The average Bonchev–Trinajstić information content (AvgIpc) is 2.80. The van der Waals surface area contributed by atoms with Crippen molar-refractivity contribution in [2.45, 2.75) is 66.0 Å². The highest BCUT2D eigenvalue weighted by atomic mass is 35.5. The minimum atomic E-state index is -3.55. The summed E-state index contributed by atoms with van der Waals surface area (Å²) in [5, 5.41) is 3.65. The van der Waals surface area contributed by atoms with E-state index in [1.165, 1.54) is 9.21 Å². The highest BCUT2D eigenvalue weighted by Gasteiger charge is 2.26. The van der Waals surface area contributed by atoms with Gasteiger partial charge in [-0.2, -0.15) is 0 Å². The molecule has 0 fully saturated rings. The number of rotatable bonds is 13. The van der Waals surface area contributed by atoms with E-state index in [-0.39, 0.29) is 31.3 Å². The third kappa shape index (κ3) is 9.51. The smallest absolute Gasteiger partial charge is 0.242 e. The normalized spacial score (nSPS) is 12.2. The van der Waals surface area contributed by atoms with Gasteiger partial charge in [0.05, 0.1) is 22.0 Å². The lowest BCUT2D eigenvalue weighted by Crippen LogP contribution is -2.48. The summed E-state index contributed by atoms with van der Waals surface area (Å²) in [6, 6.07) is 9.98. The first-order chi connectivity index (χ1) is 17.3. The predicted octanol–water partition coefficient (Wildman–Crippen LogP) is 5.49. The molecular weight excluding hydrogens is 533 g/mol. The topological polar surface area (TPSA) is 86.8 Å². The van der Waals surface area contributed by atoms with Crippen molar-refractivity contribution in [1.29, 1.82) is 0 Å². The maximum atomic E-state index is 13.4. The van der Waals surface area contributed by atoms with E-state index in [0.29, 0.717) is 28.7 Å². The molecule has 0 aromatic heterocycles. The second-order valence-electron chi connectivity index (χ2n) is 9.38. The predicted molar refractivity (Wildman–Crippen MR) is 152 cm³/mol. The Hall–Kier alpha value is -2.29. The number of anilines is 1. The Labute approximate surface area is 231 Å². The molecule has 0 saturated heterocycles. The van der Waals surface area contributed by atoms with Gasteiger partial charge in [0.15, 0.2) is 0 Å². The minimum absolute atomic E-state index is 0.0741. The molecule has 2 rings (SSSR count). The van der Waals surface area contributed by atoms with Crippen molar-refractivity contribution in [2.75, 3.05) is 23.7 Å². The van der Waals surface area contributed by atoms with E-state index < -0.39 is 16.1 Å². The summed E-state index contributed by atoms with van der Waals surface area (Å²) in [5.41, 5.74) is 3.22. The van der Waals surface area contributed by atoms with Gasteiger partial charge in [-0.25, -0.2) is 8.42 Å². The Balaban J connectivity index is 2.20. The summed E-state index contributed by atoms with van der Waals surface area (Å²) < 4.78 is 26.4. The zero-order chi connectivity index (χ0) is 27.8. The van der Waals surface area contributed by atoms with Crippen molar-refractivity contribution in [1.82, 2.24) is 10.2 Å². The van der Waals surface area contributed by atoms with Gasteiger partial charge in [-0.05, 0) is 74.6 Å². The van der Waals surface area contributed by atoms with Crippen LogP contribution in [0.2, 0.25) is 10.0 Å². The lowest BCUT2D eigenvalue weighted by Gasteiger charge is -2.29. The third-order valence-corrected chi connectivity index (χ3v) is 7.91. The molecule has 0 heterocycles. The number of carbonyl (C=O) groups excluding carboxylic acids is 2. The van der Waals surface area contributed by atoms with E-state index in [0.717, 1.165) is 35.8 Å². The van der Waals surface area contributed by atoms with Crippen molar-refractivity contribution >= 4 is 50.7 Å². The van der Waals surface area contributed by atoms with Crippen molar-refractivity contribution in [3.8, 4) is 0 Å². The summed E-state index contributed by atoms with van der Waals surface area (Å²) in [5.74, 6) is -0.493. The fourth-order valence-corrected chi connectivity index (χ4v) is 5.32. The largest absolute Gasteiger partial charge is 0.354 e. The minimum Gasteiger partial charge on any atom is -0.354 e. The summed E-state index contributed by atoms with van der Waals surface area (Å²) >= 11 is 12.2. The Morgan fingerprint density at radius 3 is 2.22 bits per heavy atom. The van der Waals surface area contributed by atoms with Gasteiger partial charge in [0.1, 0.15) is 6.04 Å². The molecular formula is C27H37Cl2N3O4S. The summed E-state index contributed by atoms with van der Waals surface area (Å²) in [6.07, 6.45) is 3.31. The number of hydrogen-bond acceptors (Lipinski definition) is 4. The Morgan fingerprint density at radius 2 is 1.65 bits per heavy atom. The molecule has 0 aliphatic carbocycles. The van der Waals surface area contributed by atoms with Gasteiger partial charge in [-0.15, -0.1) is 0 Å². The van der Waals surface area contributed by atoms with Crippen molar-refractivity contribution < 1.29 is 18.0 Å². The van der Waals surface area contributed by atoms with Crippen molar-refractivity contribution in [3.05, 3.63) is 63.1 Å². The van der Waals surface area contributed by atoms with Crippen LogP contribution in [0.4, 0.5) is 5.69 Å². The number of unbranched alkanes of at least 4 members (excludes halogenated alkanes) is 1. The van der Waals surface area contributed by atoms with Crippen LogP contribution < -0.4 is 9.62 Å². The molecule has 1 N–H and O–H groups in total.